The van der Waals surface area contributed by atoms with Gasteiger partial charge < -0.3 is 10.5 Å². The van der Waals surface area contributed by atoms with E-state index >= 15 is 0 Å². The first-order valence-electron chi connectivity index (χ1n) is 7.49. The number of ketones is 1. The number of aromatic nitrogens is 2. The quantitative estimate of drug-likeness (QED) is 0.483. The van der Waals surface area contributed by atoms with Crippen molar-refractivity contribution in [2.24, 2.45) is 10.7 Å². The first-order chi connectivity index (χ1) is 11.9. The number of ether oxygens (including phenoxy) is 1. The van der Waals surface area contributed by atoms with Crippen LogP contribution >= 0.6 is 11.8 Å². The largest absolute Gasteiger partial charge is 0.480 e. The van der Waals surface area contributed by atoms with Gasteiger partial charge in [-0.1, -0.05) is 23.9 Å². The second-order valence-electron chi connectivity index (χ2n) is 5.25. The highest BCUT2D eigenvalue weighted by atomic mass is 32.2. The van der Waals surface area contributed by atoms with Crippen LogP contribution in [0.4, 0.5) is 4.39 Å². The molecule has 1 unspecified atom stereocenters. The molecule has 0 radical (unpaired) electrons. The van der Waals surface area contributed by atoms with Crippen molar-refractivity contribution in [3.63, 3.8) is 0 Å². The number of hydrogen-bond donors (Lipinski definition) is 1. The van der Waals surface area contributed by atoms with Crippen molar-refractivity contribution < 1.29 is 13.9 Å². The molecule has 1 atom stereocenters. The molecule has 0 bridgehead atoms. The first-order valence-corrected chi connectivity index (χ1v) is 8.72. The van der Waals surface area contributed by atoms with E-state index in [0.717, 1.165) is 0 Å². The van der Waals surface area contributed by atoms with Crippen LogP contribution in [-0.2, 0) is 6.42 Å². The summed E-state index contributed by atoms with van der Waals surface area (Å²) in [5.74, 6) is -0.267. The van der Waals surface area contributed by atoms with E-state index < -0.39 is 6.04 Å². The molecule has 1 aromatic heterocycles. The fourth-order valence-corrected chi connectivity index (χ4v) is 2.44. The van der Waals surface area contributed by atoms with Crippen molar-refractivity contribution in [1.82, 2.24) is 9.97 Å². The molecule has 0 aliphatic rings. The average molecular weight is 362 g/mol. The van der Waals surface area contributed by atoms with Crippen molar-refractivity contribution in [2.75, 3.05) is 13.4 Å². The van der Waals surface area contributed by atoms with E-state index in [1.54, 1.807) is 25.3 Å². The van der Waals surface area contributed by atoms with Crippen LogP contribution in [0.5, 0.6) is 5.88 Å². The van der Waals surface area contributed by atoms with Gasteiger partial charge >= 0.3 is 0 Å². The summed E-state index contributed by atoms with van der Waals surface area (Å²) in [6.45, 7) is 1.75. The third kappa shape index (κ3) is 4.99. The first kappa shape index (κ1) is 18.9. The number of benzene rings is 1. The molecule has 0 saturated heterocycles. The molecule has 25 heavy (non-hydrogen) atoms. The number of nitrogens with two attached hydrogens (primary N) is 1. The topological polar surface area (TPSA) is 90.5 Å². The van der Waals surface area contributed by atoms with Crippen LogP contribution in [0.15, 0.2) is 35.6 Å². The molecule has 2 N–H and O–H groups in total. The van der Waals surface area contributed by atoms with Crippen LogP contribution in [0.1, 0.15) is 34.6 Å². The molecular formula is C17H19FN4O2S. The van der Waals surface area contributed by atoms with Gasteiger partial charge in [0.2, 0.25) is 5.88 Å². The van der Waals surface area contributed by atoms with Crippen LogP contribution in [0.2, 0.25) is 0 Å². The van der Waals surface area contributed by atoms with Gasteiger partial charge in [0.15, 0.2) is 11.0 Å². The van der Waals surface area contributed by atoms with E-state index in [-0.39, 0.29) is 23.7 Å². The minimum atomic E-state index is -0.441. The number of aliphatic imine (C=N–C) groups is 1. The van der Waals surface area contributed by atoms with Crippen molar-refractivity contribution in [3.05, 3.63) is 53.2 Å². The third-order valence-corrected chi connectivity index (χ3v) is 4.05. The molecule has 0 amide bonds. The Labute approximate surface area is 149 Å². The number of rotatable bonds is 6. The van der Waals surface area contributed by atoms with Gasteiger partial charge in [-0.25, -0.2) is 14.4 Å². The van der Waals surface area contributed by atoms with Gasteiger partial charge in [0, 0.05) is 12.0 Å². The molecule has 2 rings (SSSR count). The Hall–Kier alpha value is -2.48. The molecule has 1 aromatic carbocycles. The Kier molecular flexibility index (Phi) is 6.46. The molecule has 1 heterocycles. The monoisotopic (exact) mass is 362 g/mol. The SMILES string of the molecule is COc1cnc(C(=O)Cc2ccc(F)c(C(C)N=C(N)SC)c2)cn1. The van der Waals surface area contributed by atoms with Crippen LogP contribution in [0.25, 0.3) is 0 Å². The Balaban J connectivity index is 2.19. The lowest BCUT2D eigenvalue weighted by molar-refractivity contribution is 0.0987. The normalized spacial score (nSPS) is 12.7. The molecule has 6 nitrogen and oxygen atoms in total. The van der Waals surface area contributed by atoms with E-state index in [2.05, 4.69) is 15.0 Å². The molecule has 0 saturated carbocycles. The van der Waals surface area contributed by atoms with Crippen LogP contribution in [0.3, 0.4) is 0 Å². The van der Waals surface area contributed by atoms with Gasteiger partial charge in [-0.05, 0) is 24.8 Å². The van der Waals surface area contributed by atoms with E-state index in [1.165, 1.54) is 37.3 Å². The van der Waals surface area contributed by atoms with Crippen LogP contribution in [0, 0.1) is 5.82 Å². The van der Waals surface area contributed by atoms with Gasteiger partial charge in [0.05, 0.1) is 25.5 Å². The number of methoxy groups -OCH3 is 1. The van der Waals surface area contributed by atoms with E-state index in [4.69, 9.17) is 10.5 Å². The lowest BCUT2D eigenvalue weighted by atomic mass is 10.0. The summed E-state index contributed by atoms with van der Waals surface area (Å²) in [4.78, 5) is 24.5. The Bertz CT molecular complexity index is 781. The number of hydrogen-bond acceptors (Lipinski definition) is 6. The smallest absolute Gasteiger partial charge is 0.232 e. The fourth-order valence-electron chi connectivity index (χ4n) is 2.18. The summed E-state index contributed by atoms with van der Waals surface area (Å²) in [6.07, 6.45) is 4.62. The molecule has 0 spiro atoms. The van der Waals surface area contributed by atoms with E-state index in [0.29, 0.717) is 22.2 Å². The van der Waals surface area contributed by atoms with Gasteiger partial charge in [-0.15, -0.1) is 0 Å². The van der Waals surface area contributed by atoms with Crippen LogP contribution < -0.4 is 10.5 Å². The summed E-state index contributed by atoms with van der Waals surface area (Å²) in [5.41, 5.74) is 6.98. The fraction of sp³-hybridized carbons (Fsp3) is 0.294. The Morgan fingerprint density at radius 2 is 2.16 bits per heavy atom. The highest BCUT2D eigenvalue weighted by Gasteiger charge is 2.15. The third-order valence-electron chi connectivity index (χ3n) is 3.53. The zero-order valence-electron chi connectivity index (χ0n) is 14.2. The minimum Gasteiger partial charge on any atom is -0.480 e. The van der Waals surface area contributed by atoms with Crippen molar-refractivity contribution in [2.45, 2.75) is 19.4 Å². The number of nitrogens with zero attached hydrogens (tertiary/aromatic N) is 3. The summed E-state index contributed by atoms with van der Waals surface area (Å²) >= 11 is 1.29. The summed E-state index contributed by atoms with van der Waals surface area (Å²) in [6, 6.07) is 4.09. The summed E-state index contributed by atoms with van der Waals surface area (Å²) in [7, 11) is 1.47. The molecule has 0 aliphatic heterocycles. The van der Waals surface area contributed by atoms with Gasteiger partial charge in [-0.2, -0.15) is 0 Å². The number of amidine groups is 1. The predicted octanol–water partition coefficient (Wildman–Crippen LogP) is 2.79. The average Bonchev–Trinajstić information content (AvgIpc) is 2.63. The molecule has 0 fully saturated rings. The lowest BCUT2D eigenvalue weighted by Crippen LogP contribution is -2.10. The summed E-state index contributed by atoms with van der Waals surface area (Å²) < 4.78 is 19.0. The number of thioether (sulfide) groups is 1. The van der Waals surface area contributed by atoms with Crippen LogP contribution in [-0.4, -0.2) is 34.3 Å². The van der Waals surface area contributed by atoms with Gasteiger partial charge in [-0.3, -0.25) is 9.79 Å². The number of Topliss-reactive ketones (excluding diaryl/α,β-unsaturated/α-hetero) is 1. The zero-order valence-corrected chi connectivity index (χ0v) is 15.0. The standard InChI is InChI=1S/C17H19FN4O2S/c1-10(22-17(19)25-3)12-6-11(4-5-13(12)18)7-15(23)14-8-21-16(24-2)9-20-14/h4-6,8-10H,7H2,1-3H3,(H2,19,22). The zero-order chi connectivity index (χ0) is 18.4. The van der Waals surface area contributed by atoms with Crippen molar-refractivity contribution in [3.8, 4) is 5.88 Å². The van der Waals surface area contributed by atoms with Gasteiger partial charge in [0.1, 0.15) is 11.5 Å². The highest BCUT2D eigenvalue weighted by molar-refractivity contribution is 8.13. The number of carbonyl (C=O) groups is 1. The Morgan fingerprint density at radius 3 is 2.76 bits per heavy atom. The second kappa shape index (κ2) is 8.57. The number of carbonyl (C=O) groups excluding carboxylic acids is 1. The minimum absolute atomic E-state index is 0.0860. The summed E-state index contributed by atoms with van der Waals surface area (Å²) in [5, 5.41) is 0.377. The van der Waals surface area contributed by atoms with Gasteiger partial charge in [0.25, 0.3) is 0 Å². The maximum Gasteiger partial charge on any atom is 0.232 e. The molecular weight excluding hydrogens is 343 g/mol. The number of halogens is 1. The van der Waals surface area contributed by atoms with Crippen molar-refractivity contribution in [1.29, 1.82) is 0 Å². The highest BCUT2D eigenvalue weighted by Crippen LogP contribution is 2.23. The van der Waals surface area contributed by atoms with Crippen molar-refractivity contribution >= 4 is 22.7 Å². The maximum absolute atomic E-state index is 14.1. The Morgan fingerprint density at radius 1 is 1.40 bits per heavy atom. The predicted molar refractivity (Wildman–Crippen MR) is 96.6 cm³/mol. The lowest BCUT2D eigenvalue weighted by Gasteiger charge is -2.11. The molecule has 132 valence electrons. The molecule has 2 aromatic rings. The molecule has 0 aliphatic carbocycles. The van der Waals surface area contributed by atoms with E-state index in [1.807, 2.05) is 0 Å². The molecule has 8 heteroatoms. The maximum atomic E-state index is 14.1. The second-order valence-corrected chi connectivity index (χ2v) is 6.07. The van der Waals surface area contributed by atoms with E-state index in [9.17, 15) is 9.18 Å².